The summed E-state index contributed by atoms with van der Waals surface area (Å²) in [7, 11) is 0. The smallest absolute Gasteiger partial charge is 0.349 e. The molecule has 0 radical (unpaired) electrons. The van der Waals surface area contributed by atoms with Crippen LogP contribution in [0.2, 0.25) is 0 Å². The van der Waals surface area contributed by atoms with E-state index in [-0.39, 0.29) is 0 Å². The molecule has 54 valence electrons. The van der Waals surface area contributed by atoms with Gasteiger partial charge < -0.3 is 5.11 Å². The Hall–Kier alpha value is -0.650. The summed E-state index contributed by atoms with van der Waals surface area (Å²) in [5, 5.41) is 7.53. The third kappa shape index (κ3) is 1.63. The van der Waals surface area contributed by atoms with Crippen molar-refractivity contribution < 1.29 is 27.5 Å². The molecular formula is C3H2F4O2. The first-order valence-corrected chi connectivity index (χ1v) is 1.78. The molecule has 0 saturated heterocycles. The minimum absolute atomic E-state index is 3.09. The molecule has 0 saturated carbocycles. The second-order valence-electron chi connectivity index (χ2n) is 1.25. The second kappa shape index (κ2) is 2.30. The Kier molecular flexibility index (Phi) is 2.13. The zero-order valence-corrected chi connectivity index (χ0v) is 3.94. The number of carbonyl (C=O) groups is 1. The van der Waals surface area contributed by atoms with E-state index < -0.39 is 18.3 Å². The Bertz CT molecular complexity index is 121. The lowest BCUT2D eigenvalue weighted by Crippen LogP contribution is -2.38. The van der Waals surface area contributed by atoms with Crippen LogP contribution in [0, 0.1) is 0 Å². The van der Waals surface area contributed by atoms with Gasteiger partial charge in [-0.15, -0.1) is 0 Å². The molecule has 0 aromatic rings. The number of hydrogen-bond acceptors (Lipinski definition) is 2. The van der Waals surface area contributed by atoms with Crippen molar-refractivity contribution >= 4 is 6.04 Å². The van der Waals surface area contributed by atoms with E-state index in [2.05, 4.69) is 0 Å². The largest absolute Gasteiger partial charge is 0.371 e. The summed E-state index contributed by atoms with van der Waals surface area (Å²) in [6.45, 7) is 0. The fourth-order valence-corrected chi connectivity index (χ4v) is 0.0858. The Labute approximate surface area is 47.1 Å². The highest BCUT2D eigenvalue weighted by Gasteiger charge is 2.46. The molecule has 0 rings (SSSR count). The highest BCUT2D eigenvalue weighted by atomic mass is 19.3. The zero-order valence-electron chi connectivity index (χ0n) is 3.94. The van der Waals surface area contributed by atoms with Crippen molar-refractivity contribution in [1.29, 1.82) is 0 Å². The highest BCUT2D eigenvalue weighted by molar-refractivity contribution is 5.76. The van der Waals surface area contributed by atoms with Crippen molar-refractivity contribution in [1.82, 2.24) is 0 Å². The molecule has 0 spiro atoms. The lowest BCUT2D eigenvalue weighted by molar-refractivity contribution is -0.205. The number of carbonyl (C=O) groups excluding carboxylic acids is 1. The molecule has 0 aromatic heterocycles. The van der Waals surface area contributed by atoms with Crippen LogP contribution in [0.15, 0.2) is 0 Å². The Morgan fingerprint density at radius 2 is 1.89 bits per heavy atom. The third-order valence-corrected chi connectivity index (χ3v) is 0.565. The molecule has 0 fully saturated rings. The fraction of sp³-hybridized carbons (Fsp3) is 0.667. The molecule has 0 amide bonds. The average molecular weight is 146 g/mol. The van der Waals surface area contributed by atoms with Crippen molar-refractivity contribution in [2.75, 3.05) is 0 Å². The molecule has 0 aromatic carbocycles. The van der Waals surface area contributed by atoms with Crippen molar-refractivity contribution in [3.63, 3.8) is 0 Å². The number of hydrogen-bond donors (Lipinski definition) is 1. The van der Waals surface area contributed by atoms with E-state index in [0.29, 0.717) is 0 Å². The molecule has 0 aliphatic carbocycles. The van der Waals surface area contributed by atoms with Crippen LogP contribution in [0.4, 0.5) is 17.6 Å². The standard InChI is InChI=1S/C3H2F4O2/c4-1(5)3(7,9)2(6)8/h1,9H. The summed E-state index contributed by atoms with van der Waals surface area (Å²) in [4.78, 5) is 9.14. The number of halogens is 4. The van der Waals surface area contributed by atoms with Crippen LogP contribution in [0.5, 0.6) is 0 Å². The summed E-state index contributed by atoms with van der Waals surface area (Å²) < 4.78 is 44.4. The molecular weight excluding hydrogens is 144 g/mol. The van der Waals surface area contributed by atoms with Crippen LogP contribution >= 0.6 is 0 Å². The molecule has 1 atom stereocenters. The average Bonchev–Trinajstić information content (AvgIpc) is 1.65. The minimum atomic E-state index is -4.64. The molecule has 1 N–H and O–H groups in total. The molecule has 2 nitrogen and oxygen atoms in total. The number of rotatable bonds is 2. The van der Waals surface area contributed by atoms with Crippen LogP contribution in [0.1, 0.15) is 0 Å². The van der Waals surface area contributed by atoms with Gasteiger partial charge >= 0.3 is 18.3 Å². The Balaban J connectivity index is 4.19. The minimum Gasteiger partial charge on any atom is -0.349 e. The maximum Gasteiger partial charge on any atom is 0.371 e. The van der Waals surface area contributed by atoms with Gasteiger partial charge in [0.05, 0.1) is 0 Å². The van der Waals surface area contributed by atoms with Gasteiger partial charge in [-0.05, 0) is 0 Å². The maximum absolute atomic E-state index is 11.4. The lowest BCUT2D eigenvalue weighted by atomic mass is 10.3. The van der Waals surface area contributed by atoms with Gasteiger partial charge in [0.2, 0.25) is 0 Å². The van der Waals surface area contributed by atoms with Crippen LogP contribution in [-0.2, 0) is 4.79 Å². The predicted molar refractivity (Wildman–Crippen MR) is 18.2 cm³/mol. The van der Waals surface area contributed by atoms with Gasteiger partial charge in [-0.2, -0.15) is 8.78 Å². The first-order chi connectivity index (χ1) is 3.89. The Morgan fingerprint density at radius 3 is 1.89 bits per heavy atom. The van der Waals surface area contributed by atoms with Gasteiger partial charge in [0.15, 0.2) is 0 Å². The van der Waals surface area contributed by atoms with Gasteiger partial charge in [0, 0.05) is 0 Å². The SMILES string of the molecule is O=C(F)C(O)(F)C(F)F. The van der Waals surface area contributed by atoms with Crippen molar-refractivity contribution in [2.24, 2.45) is 0 Å². The van der Waals surface area contributed by atoms with Crippen LogP contribution < -0.4 is 0 Å². The quantitative estimate of drug-likeness (QED) is 0.452. The molecule has 0 aliphatic rings. The van der Waals surface area contributed by atoms with Crippen molar-refractivity contribution in [3.8, 4) is 0 Å². The van der Waals surface area contributed by atoms with E-state index in [1.807, 2.05) is 0 Å². The van der Waals surface area contributed by atoms with E-state index in [9.17, 15) is 17.6 Å². The molecule has 6 heteroatoms. The fourth-order valence-electron chi connectivity index (χ4n) is 0.0858. The molecule has 1 unspecified atom stereocenters. The van der Waals surface area contributed by atoms with E-state index in [1.165, 1.54) is 0 Å². The highest BCUT2D eigenvalue weighted by Crippen LogP contribution is 2.18. The van der Waals surface area contributed by atoms with Crippen LogP contribution in [0.25, 0.3) is 0 Å². The summed E-state index contributed by atoms with van der Waals surface area (Å²) >= 11 is 0. The summed E-state index contributed by atoms with van der Waals surface area (Å²) in [5.41, 5.74) is 0. The summed E-state index contributed by atoms with van der Waals surface area (Å²) in [6.07, 6.45) is -4.05. The number of aliphatic hydroxyl groups is 1. The van der Waals surface area contributed by atoms with E-state index in [4.69, 9.17) is 9.90 Å². The van der Waals surface area contributed by atoms with Gasteiger partial charge in [0.25, 0.3) is 0 Å². The van der Waals surface area contributed by atoms with Crippen molar-refractivity contribution in [2.45, 2.75) is 12.3 Å². The molecule has 9 heavy (non-hydrogen) atoms. The third-order valence-electron chi connectivity index (χ3n) is 0.565. The monoisotopic (exact) mass is 146 g/mol. The van der Waals surface area contributed by atoms with E-state index in [0.717, 1.165) is 0 Å². The van der Waals surface area contributed by atoms with Gasteiger partial charge in [-0.3, -0.25) is 4.79 Å². The molecule has 0 bridgehead atoms. The van der Waals surface area contributed by atoms with Gasteiger partial charge in [0.1, 0.15) is 0 Å². The van der Waals surface area contributed by atoms with Gasteiger partial charge in [-0.25, -0.2) is 8.78 Å². The summed E-state index contributed by atoms with van der Waals surface area (Å²) in [5.74, 6) is -4.64. The Morgan fingerprint density at radius 1 is 1.56 bits per heavy atom. The second-order valence-corrected chi connectivity index (χ2v) is 1.25. The topological polar surface area (TPSA) is 37.3 Å². The predicted octanol–water partition coefficient (Wildman–Crippen LogP) is 0.406. The molecule has 0 heterocycles. The zero-order chi connectivity index (χ0) is 7.65. The van der Waals surface area contributed by atoms with Crippen LogP contribution in [0.3, 0.4) is 0 Å². The maximum atomic E-state index is 11.4. The summed E-state index contributed by atoms with van der Waals surface area (Å²) in [6, 6.07) is -3.09. The lowest BCUT2D eigenvalue weighted by Gasteiger charge is -2.09. The van der Waals surface area contributed by atoms with E-state index in [1.54, 1.807) is 0 Å². The molecule has 0 aliphatic heterocycles. The van der Waals surface area contributed by atoms with Crippen molar-refractivity contribution in [3.05, 3.63) is 0 Å². The number of alkyl halides is 3. The van der Waals surface area contributed by atoms with Gasteiger partial charge in [-0.1, -0.05) is 0 Å². The van der Waals surface area contributed by atoms with E-state index >= 15 is 0 Å². The van der Waals surface area contributed by atoms with Crippen LogP contribution in [-0.4, -0.2) is 23.4 Å². The first-order valence-electron chi connectivity index (χ1n) is 1.78. The first kappa shape index (κ1) is 8.35. The normalized spacial score (nSPS) is 17.6.